The highest BCUT2D eigenvalue weighted by molar-refractivity contribution is 6.01. The van der Waals surface area contributed by atoms with Crippen molar-refractivity contribution >= 4 is 16.7 Å². The molecule has 9 nitrogen and oxygen atoms in total. The molecule has 0 amide bonds. The Morgan fingerprint density at radius 2 is 1.76 bits per heavy atom. The maximum atomic E-state index is 4.71. The molecule has 7 rings (SSSR count). The van der Waals surface area contributed by atoms with Gasteiger partial charge >= 0.3 is 0 Å². The van der Waals surface area contributed by atoms with Gasteiger partial charge < -0.3 is 10.2 Å². The number of nitrogens with zero attached hydrogens (tertiary/aromatic N) is 7. The maximum absolute atomic E-state index is 4.71. The minimum absolute atomic E-state index is 0.519. The van der Waals surface area contributed by atoms with Crippen LogP contribution in [-0.4, -0.2) is 60.6 Å². The van der Waals surface area contributed by atoms with Crippen LogP contribution in [0.5, 0.6) is 0 Å². The van der Waals surface area contributed by atoms with E-state index in [0.717, 1.165) is 51.7 Å². The van der Waals surface area contributed by atoms with Gasteiger partial charge in [0.2, 0.25) is 0 Å². The highest BCUT2D eigenvalue weighted by Gasteiger charge is 2.35. The van der Waals surface area contributed by atoms with E-state index in [2.05, 4.69) is 67.0 Å². The third-order valence-electron chi connectivity index (χ3n) is 7.83. The van der Waals surface area contributed by atoms with E-state index >= 15 is 0 Å². The molecular weight excluding hydrogens is 426 g/mol. The fourth-order valence-corrected chi connectivity index (χ4v) is 5.70. The summed E-state index contributed by atoms with van der Waals surface area (Å²) >= 11 is 0. The number of hydrogen-bond donors (Lipinski definition) is 2. The van der Waals surface area contributed by atoms with Crippen molar-refractivity contribution in [3.05, 3.63) is 36.7 Å². The smallest absolute Gasteiger partial charge is 0.151 e. The van der Waals surface area contributed by atoms with Gasteiger partial charge in [0.1, 0.15) is 5.69 Å². The van der Waals surface area contributed by atoms with Gasteiger partial charge in [0.25, 0.3) is 0 Å². The molecule has 9 heteroatoms. The molecule has 2 bridgehead atoms. The molecule has 2 N–H and O–H groups in total. The number of piperidine rings is 1. The lowest BCUT2D eigenvalue weighted by molar-refractivity contribution is 0.353. The zero-order valence-electron chi connectivity index (χ0n) is 19.4. The Morgan fingerprint density at radius 3 is 2.53 bits per heavy atom. The predicted molar refractivity (Wildman–Crippen MR) is 130 cm³/mol. The van der Waals surface area contributed by atoms with Gasteiger partial charge in [0.15, 0.2) is 5.82 Å². The molecular formula is C25H29N9. The Balaban J connectivity index is 1.15. The van der Waals surface area contributed by atoms with E-state index in [4.69, 9.17) is 5.10 Å². The summed E-state index contributed by atoms with van der Waals surface area (Å²) in [5, 5.41) is 30.6. The van der Waals surface area contributed by atoms with Crippen LogP contribution in [0.1, 0.15) is 38.5 Å². The Hall–Kier alpha value is -3.33. The average Bonchev–Trinajstić information content (AvgIpc) is 3.21. The predicted octanol–water partition coefficient (Wildman–Crippen LogP) is 3.41. The number of fused-ring (bicyclic) bond motifs is 3. The van der Waals surface area contributed by atoms with Gasteiger partial charge in [-0.1, -0.05) is 6.07 Å². The van der Waals surface area contributed by atoms with E-state index in [-0.39, 0.29) is 0 Å². The van der Waals surface area contributed by atoms with Gasteiger partial charge in [-0.05, 0) is 62.6 Å². The molecule has 0 radical (unpaired) electrons. The summed E-state index contributed by atoms with van der Waals surface area (Å²) in [6, 6.07) is 10.1. The van der Waals surface area contributed by atoms with Crippen molar-refractivity contribution < 1.29 is 0 Å². The van der Waals surface area contributed by atoms with Gasteiger partial charge in [0.05, 0.1) is 30.1 Å². The summed E-state index contributed by atoms with van der Waals surface area (Å²) in [5.74, 6) is 1.67. The molecule has 174 valence electrons. The molecule has 1 aliphatic carbocycles. The molecule has 3 fully saturated rings. The molecule has 5 heterocycles. The molecule has 2 unspecified atom stereocenters. The summed E-state index contributed by atoms with van der Waals surface area (Å²) in [4.78, 5) is 4.13. The van der Waals surface area contributed by atoms with Crippen LogP contribution in [0.3, 0.4) is 0 Å². The first-order valence-corrected chi connectivity index (χ1v) is 12.4. The zero-order valence-corrected chi connectivity index (χ0v) is 19.4. The summed E-state index contributed by atoms with van der Waals surface area (Å²) in [7, 11) is 2.15. The molecule has 2 aliphatic heterocycles. The van der Waals surface area contributed by atoms with Gasteiger partial charge in [-0.2, -0.15) is 20.1 Å². The molecule has 2 atom stereocenters. The number of aromatic nitrogens is 7. The lowest BCUT2D eigenvalue weighted by atomic mass is 9.98. The molecule has 1 saturated carbocycles. The number of H-pyrrole nitrogens is 1. The first-order valence-electron chi connectivity index (χ1n) is 12.4. The van der Waals surface area contributed by atoms with Crippen molar-refractivity contribution in [3.63, 3.8) is 0 Å². The molecule has 2 saturated heterocycles. The Morgan fingerprint density at radius 1 is 0.941 bits per heavy atom. The van der Waals surface area contributed by atoms with Gasteiger partial charge in [-0.3, -0.25) is 5.10 Å². The van der Waals surface area contributed by atoms with E-state index in [1.165, 1.54) is 38.5 Å². The van der Waals surface area contributed by atoms with E-state index in [0.29, 0.717) is 18.1 Å². The molecule has 3 aliphatic rings. The summed E-state index contributed by atoms with van der Waals surface area (Å²) in [5.41, 5.74) is 4.67. The van der Waals surface area contributed by atoms with Crippen LogP contribution in [0, 0.1) is 5.92 Å². The first kappa shape index (κ1) is 20.1. The minimum atomic E-state index is 0.519. The van der Waals surface area contributed by atoms with Crippen molar-refractivity contribution in [1.29, 1.82) is 0 Å². The first-order chi connectivity index (χ1) is 16.7. The van der Waals surface area contributed by atoms with E-state index in [1.54, 1.807) is 0 Å². The summed E-state index contributed by atoms with van der Waals surface area (Å²) in [6.45, 7) is 0.904. The fraction of sp³-hybridized carbons (Fsp3) is 0.480. The number of benzene rings is 1. The molecule has 4 aromatic rings. The fourth-order valence-electron chi connectivity index (χ4n) is 5.70. The summed E-state index contributed by atoms with van der Waals surface area (Å²) < 4.78 is 0. The number of aromatic amines is 1. The van der Waals surface area contributed by atoms with Crippen molar-refractivity contribution in [1.82, 2.24) is 40.7 Å². The number of hydrogen-bond acceptors (Lipinski definition) is 7. The Labute approximate surface area is 197 Å². The topological polar surface area (TPSA) is 100 Å². The molecule has 1 aromatic carbocycles. The number of anilines is 1. The van der Waals surface area contributed by atoms with E-state index < -0.39 is 0 Å². The minimum Gasteiger partial charge on any atom is -0.355 e. The second-order valence-electron chi connectivity index (χ2n) is 10.2. The second-order valence-corrected chi connectivity index (χ2v) is 10.2. The van der Waals surface area contributed by atoms with Crippen LogP contribution in [0.15, 0.2) is 36.7 Å². The van der Waals surface area contributed by atoms with Crippen LogP contribution < -0.4 is 10.2 Å². The third kappa shape index (κ3) is 3.55. The summed E-state index contributed by atoms with van der Waals surface area (Å²) in [6.07, 6.45) is 11.2. The van der Waals surface area contributed by atoms with Crippen LogP contribution >= 0.6 is 0 Å². The number of rotatable bonds is 6. The monoisotopic (exact) mass is 455 g/mol. The van der Waals surface area contributed by atoms with Crippen molar-refractivity contribution in [3.8, 4) is 22.5 Å². The largest absolute Gasteiger partial charge is 0.355 e. The van der Waals surface area contributed by atoms with Crippen LogP contribution in [0.2, 0.25) is 0 Å². The standard InChI is InChI=1S/C25H29N9/c1-33(18-10-16-4-5-17(11-18)28-16)24-9-8-22(29-30-24)20-7-6-19(21-12-26-31-25(20)21)23-13-27-34(32-23)14-15-2-3-15/h6-9,12-13,15-18,28H,2-5,10-11,14H2,1H3,(H,26,31). The van der Waals surface area contributed by atoms with Gasteiger partial charge in [-0.25, -0.2) is 0 Å². The van der Waals surface area contributed by atoms with Crippen molar-refractivity contribution in [2.24, 2.45) is 5.92 Å². The highest BCUT2D eigenvalue weighted by Crippen LogP contribution is 2.35. The number of nitrogens with one attached hydrogen (secondary N) is 2. The molecule has 0 spiro atoms. The zero-order chi connectivity index (χ0) is 22.6. The Bertz CT molecular complexity index is 1310. The van der Waals surface area contributed by atoms with Crippen LogP contribution in [0.4, 0.5) is 5.82 Å². The van der Waals surface area contributed by atoms with Gasteiger partial charge in [-0.15, -0.1) is 10.2 Å². The highest BCUT2D eigenvalue weighted by atomic mass is 15.5. The quantitative estimate of drug-likeness (QED) is 0.459. The van der Waals surface area contributed by atoms with Crippen LogP contribution in [-0.2, 0) is 6.54 Å². The van der Waals surface area contributed by atoms with Crippen molar-refractivity contribution in [2.75, 3.05) is 11.9 Å². The van der Waals surface area contributed by atoms with Gasteiger partial charge in [0, 0.05) is 41.7 Å². The second kappa shape index (κ2) is 7.87. The molecule has 3 aromatic heterocycles. The maximum Gasteiger partial charge on any atom is 0.151 e. The van der Waals surface area contributed by atoms with E-state index in [9.17, 15) is 0 Å². The molecule has 34 heavy (non-hydrogen) atoms. The normalized spacial score (nSPS) is 24.1. The Kier molecular flexibility index (Phi) is 4.65. The van der Waals surface area contributed by atoms with Crippen molar-refractivity contribution in [2.45, 2.75) is 63.2 Å². The lowest BCUT2D eigenvalue weighted by Crippen LogP contribution is -2.47. The van der Waals surface area contributed by atoms with E-state index in [1.807, 2.05) is 17.2 Å². The average molecular weight is 456 g/mol. The van der Waals surface area contributed by atoms with Crippen LogP contribution in [0.25, 0.3) is 33.4 Å². The third-order valence-corrected chi connectivity index (χ3v) is 7.83. The lowest BCUT2D eigenvalue weighted by Gasteiger charge is -2.36. The SMILES string of the molecule is CN(c1ccc(-c2ccc(-c3cnn(CC4CC4)n3)c3cn[nH]c23)nn1)C1CC2CCC(C1)N2.